The van der Waals surface area contributed by atoms with Gasteiger partial charge in [-0.05, 0) is 17.7 Å². The highest BCUT2D eigenvalue weighted by Crippen LogP contribution is 2.18. The maximum Gasteiger partial charge on any atom is 0.336 e. The number of hydrogen-bond acceptors (Lipinski definition) is 4. The van der Waals surface area contributed by atoms with Crippen molar-refractivity contribution in [3.8, 4) is 0 Å². The van der Waals surface area contributed by atoms with Crippen molar-refractivity contribution in [1.29, 1.82) is 0 Å². The molecule has 0 aliphatic carbocycles. The molecule has 0 unspecified atom stereocenters. The molecule has 1 N–H and O–H groups in total. The van der Waals surface area contributed by atoms with E-state index in [1.165, 1.54) is 12.1 Å². The van der Waals surface area contributed by atoms with Gasteiger partial charge in [0.05, 0.1) is 10.5 Å². The maximum atomic E-state index is 11.7. The second kappa shape index (κ2) is 5.52. The Morgan fingerprint density at radius 1 is 1.26 bits per heavy atom. The fourth-order valence-corrected chi connectivity index (χ4v) is 2.18. The largest absolute Gasteiger partial charge is 0.478 e. The van der Waals surface area contributed by atoms with E-state index in [-0.39, 0.29) is 28.6 Å². The fourth-order valence-electron chi connectivity index (χ4n) is 1.53. The predicted octanol–water partition coefficient (Wildman–Crippen LogP) is 1.56. The van der Waals surface area contributed by atoms with E-state index in [4.69, 9.17) is 5.11 Å². The summed E-state index contributed by atoms with van der Waals surface area (Å²) in [4.78, 5) is 22.7. The normalized spacial score (nSPS) is 11.6. The Hall–Kier alpha value is -1.69. The van der Waals surface area contributed by atoms with E-state index in [1.807, 2.05) is 0 Å². The van der Waals surface area contributed by atoms with Crippen molar-refractivity contribution in [1.82, 2.24) is 0 Å². The van der Waals surface area contributed by atoms with Gasteiger partial charge in [-0.15, -0.1) is 0 Å². The molecular formula is C13H16O5S. The van der Waals surface area contributed by atoms with Crippen molar-refractivity contribution < 1.29 is 23.1 Å². The zero-order valence-electron chi connectivity index (χ0n) is 11.0. The van der Waals surface area contributed by atoms with Crippen molar-refractivity contribution in [2.24, 2.45) is 5.92 Å². The summed E-state index contributed by atoms with van der Waals surface area (Å²) in [5.41, 5.74) is 0.190. The van der Waals surface area contributed by atoms with Gasteiger partial charge in [0.25, 0.3) is 0 Å². The number of rotatable bonds is 5. The molecule has 0 saturated heterocycles. The van der Waals surface area contributed by atoms with Gasteiger partial charge in [-0.1, -0.05) is 19.9 Å². The molecule has 6 heteroatoms. The highest BCUT2D eigenvalue weighted by Gasteiger charge is 2.18. The molecule has 0 saturated carbocycles. The molecule has 0 atom stereocenters. The van der Waals surface area contributed by atoms with Crippen molar-refractivity contribution in [2.75, 3.05) is 6.26 Å². The number of carboxylic acid groups (broad SMARTS) is 1. The molecule has 104 valence electrons. The summed E-state index contributed by atoms with van der Waals surface area (Å²) in [6.07, 6.45) is 0.996. The SMILES string of the molecule is CC(C)C(=O)Cc1ccc(S(C)(=O)=O)cc1C(=O)O. The van der Waals surface area contributed by atoms with Gasteiger partial charge >= 0.3 is 5.97 Å². The maximum absolute atomic E-state index is 11.7. The van der Waals surface area contributed by atoms with E-state index < -0.39 is 15.8 Å². The second-order valence-electron chi connectivity index (χ2n) is 4.69. The third-order valence-electron chi connectivity index (χ3n) is 2.75. The first-order valence-corrected chi connectivity index (χ1v) is 7.61. The van der Waals surface area contributed by atoms with Gasteiger partial charge in [-0.25, -0.2) is 13.2 Å². The monoisotopic (exact) mass is 284 g/mol. The van der Waals surface area contributed by atoms with Gasteiger partial charge in [-0.2, -0.15) is 0 Å². The number of carbonyl (C=O) groups excluding carboxylic acids is 1. The summed E-state index contributed by atoms with van der Waals surface area (Å²) < 4.78 is 22.8. The minimum atomic E-state index is -3.47. The second-order valence-corrected chi connectivity index (χ2v) is 6.71. The number of hydrogen-bond donors (Lipinski definition) is 1. The lowest BCUT2D eigenvalue weighted by Gasteiger charge is -2.09. The summed E-state index contributed by atoms with van der Waals surface area (Å²) >= 11 is 0. The van der Waals surface area contributed by atoms with Crippen molar-refractivity contribution in [2.45, 2.75) is 25.2 Å². The van der Waals surface area contributed by atoms with Crippen LogP contribution in [-0.2, 0) is 21.1 Å². The Balaban J connectivity index is 3.27. The van der Waals surface area contributed by atoms with Crippen LogP contribution >= 0.6 is 0 Å². The van der Waals surface area contributed by atoms with E-state index in [0.29, 0.717) is 5.56 Å². The molecule has 19 heavy (non-hydrogen) atoms. The van der Waals surface area contributed by atoms with Crippen LogP contribution in [0.1, 0.15) is 29.8 Å². The van der Waals surface area contributed by atoms with Crippen LogP contribution < -0.4 is 0 Å². The lowest BCUT2D eigenvalue weighted by molar-refractivity contribution is -0.121. The van der Waals surface area contributed by atoms with Crippen molar-refractivity contribution in [3.05, 3.63) is 29.3 Å². The Morgan fingerprint density at radius 2 is 1.84 bits per heavy atom. The van der Waals surface area contributed by atoms with E-state index in [1.54, 1.807) is 13.8 Å². The van der Waals surface area contributed by atoms with E-state index in [2.05, 4.69) is 0 Å². The molecule has 0 amide bonds. The minimum absolute atomic E-state index is 0.0106. The smallest absolute Gasteiger partial charge is 0.336 e. The predicted molar refractivity (Wildman–Crippen MR) is 70.1 cm³/mol. The van der Waals surface area contributed by atoms with Crippen LogP contribution in [0.25, 0.3) is 0 Å². The number of carboxylic acids is 1. The molecule has 0 aliphatic heterocycles. The van der Waals surface area contributed by atoms with Gasteiger partial charge < -0.3 is 5.11 Å². The summed E-state index contributed by atoms with van der Waals surface area (Å²) in [6, 6.07) is 3.81. The highest BCUT2D eigenvalue weighted by molar-refractivity contribution is 7.90. The van der Waals surface area contributed by atoms with E-state index >= 15 is 0 Å². The lowest BCUT2D eigenvalue weighted by Crippen LogP contribution is -2.14. The molecule has 0 spiro atoms. The van der Waals surface area contributed by atoms with Gasteiger partial charge in [0.15, 0.2) is 9.84 Å². The highest BCUT2D eigenvalue weighted by atomic mass is 32.2. The zero-order valence-corrected chi connectivity index (χ0v) is 11.8. The lowest BCUT2D eigenvalue weighted by atomic mass is 9.97. The van der Waals surface area contributed by atoms with Crippen LogP contribution in [0.15, 0.2) is 23.1 Å². The quantitative estimate of drug-likeness (QED) is 0.886. The van der Waals surface area contributed by atoms with Crippen LogP contribution in [0.2, 0.25) is 0 Å². The molecular weight excluding hydrogens is 268 g/mol. The number of ketones is 1. The Kier molecular flexibility index (Phi) is 4.47. The van der Waals surface area contributed by atoms with Crippen molar-refractivity contribution >= 4 is 21.6 Å². The topological polar surface area (TPSA) is 88.5 Å². The molecule has 0 bridgehead atoms. The summed E-state index contributed by atoms with van der Waals surface area (Å²) in [6.45, 7) is 3.46. The first kappa shape index (κ1) is 15.4. The Bertz CT molecular complexity index is 614. The average molecular weight is 284 g/mol. The van der Waals surface area contributed by atoms with Crippen LogP contribution in [0.5, 0.6) is 0 Å². The number of benzene rings is 1. The Labute approximate surface area is 112 Å². The first-order chi connectivity index (χ1) is 8.62. The number of aromatic carboxylic acids is 1. The summed E-state index contributed by atoms with van der Waals surface area (Å²) in [7, 11) is -3.47. The molecule has 1 rings (SSSR count). The van der Waals surface area contributed by atoms with E-state index in [0.717, 1.165) is 12.3 Å². The van der Waals surface area contributed by atoms with Crippen LogP contribution in [0.4, 0.5) is 0 Å². The van der Waals surface area contributed by atoms with Crippen LogP contribution in [0.3, 0.4) is 0 Å². The zero-order chi connectivity index (χ0) is 14.8. The van der Waals surface area contributed by atoms with E-state index in [9.17, 15) is 18.0 Å². The average Bonchev–Trinajstić information content (AvgIpc) is 2.27. The van der Waals surface area contributed by atoms with Crippen molar-refractivity contribution in [3.63, 3.8) is 0 Å². The van der Waals surface area contributed by atoms with Crippen LogP contribution in [-0.4, -0.2) is 31.5 Å². The molecule has 0 aromatic heterocycles. The molecule has 0 aliphatic rings. The van der Waals surface area contributed by atoms with Gasteiger partial charge in [-0.3, -0.25) is 4.79 Å². The van der Waals surface area contributed by atoms with Gasteiger partial charge in [0.1, 0.15) is 5.78 Å². The molecule has 1 aromatic carbocycles. The number of sulfone groups is 1. The molecule has 1 aromatic rings. The van der Waals surface area contributed by atoms with Gasteiger partial charge in [0.2, 0.25) is 0 Å². The molecule has 0 heterocycles. The minimum Gasteiger partial charge on any atom is -0.478 e. The molecule has 0 fully saturated rings. The fraction of sp³-hybridized carbons (Fsp3) is 0.385. The molecule has 5 nitrogen and oxygen atoms in total. The summed E-state index contributed by atoms with van der Waals surface area (Å²) in [5.74, 6) is -1.53. The standard InChI is InChI=1S/C13H16O5S/c1-8(2)12(14)6-9-4-5-10(19(3,17)18)7-11(9)13(15)16/h4-5,7-8H,6H2,1-3H3,(H,15,16). The number of carbonyl (C=O) groups is 2. The molecule has 0 radical (unpaired) electrons. The number of Topliss-reactive ketones (excluding diaryl/α,β-unsaturated/α-hetero) is 1. The third kappa shape index (κ3) is 3.89. The Morgan fingerprint density at radius 3 is 2.26 bits per heavy atom. The third-order valence-corrected chi connectivity index (χ3v) is 3.86. The first-order valence-electron chi connectivity index (χ1n) is 5.72. The van der Waals surface area contributed by atoms with Gasteiger partial charge in [0, 0.05) is 18.6 Å². The summed E-state index contributed by atoms with van der Waals surface area (Å²) in [5, 5.41) is 9.10. The van der Waals surface area contributed by atoms with Crippen LogP contribution in [0, 0.1) is 5.92 Å².